The summed E-state index contributed by atoms with van der Waals surface area (Å²) in [4.78, 5) is 23.9. The van der Waals surface area contributed by atoms with Crippen molar-refractivity contribution in [2.75, 3.05) is 13.2 Å². The van der Waals surface area contributed by atoms with Crippen LogP contribution in [0.4, 0.5) is 0 Å². The number of carbonyl (C=O) groups excluding carboxylic acids is 1. The van der Waals surface area contributed by atoms with Gasteiger partial charge >= 0.3 is 5.97 Å². The number of carboxylic acid groups (broad SMARTS) is 1. The number of halogens is 1. The third-order valence-corrected chi connectivity index (χ3v) is 4.30. The van der Waals surface area contributed by atoms with Crippen LogP contribution in [-0.4, -0.2) is 45.5 Å². The minimum atomic E-state index is -1.40. The number of hydrogen-bond acceptors (Lipinski definition) is 4. The van der Waals surface area contributed by atoms with Gasteiger partial charge in [0.2, 0.25) is 0 Å². The fraction of sp³-hybridized carbons (Fsp3) is 0.312. The van der Waals surface area contributed by atoms with E-state index in [9.17, 15) is 14.7 Å². The Hall–Kier alpha value is -2.38. The Kier molecular flexibility index (Phi) is 4.29. The molecule has 1 aromatic heterocycles. The first-order valence-corrected chi connectivity index (χ1v) is 7.76. The molecule has 0 aliphatic carbocycles. The highest BCUT2D eigenvalue weighted by Crippen LogP contribution is 2.22. The molecule has 7 nitrogen and oxygen atoms in total. The van der Waals surface area contributed by atoms with E-state index in [4.69, 9.17) is 16.3 Å². The maximum Gasteiger partial charge on any atom is 0.331 e. The van der Waals surface area contributed by atoms with Gasteiger partial charge in [-0.15, -0.1) is 0 Å². The molecule has 2 heterocycles. The second-order valence-corrected chi connectivity index (χ2v) is 6.09. The number of nitrogens with one attached hydrogen (secondary N) is 1. The highest BCUT2D eigenvalue weighted by atomic mass is 35.5. The normalized spacial score (nSPS) is 20.1. The number of para-hydroxylation sites is 1. The van der Waals surface area contributed by atoms with Crippen LogP contribution in [0.1, 0.15) is 22.6 Å². The van der Waals surface area contributed by atoms with Crippen molar-refractivity contribution >= 4 is 23.5 Å². The maximum absolute atomic E-state index is 12.5. The van der Waals surface area contributed by atoms with Crippen LogP contribution < -0.4 is 5.32 Å². The Balaban J connectivity index is 1.88. The Bertz CT molecular complexity index is 796. The van der Waals surface area contributed by atoms with E-state index in [0.29, 0.717) is 23.0 Å². The number of nitrogens with zero attached hydrogens (tertiary/aromatic N) is 2. The second kappa shape index (κ2) is 6.26. The maximum atomic E-state index is 12.5. The zero-order chi connectivity index (χ0) is 17.3. The quantitative estimate of drug-likeness (QED) is 0.878. The van der Waals surface area contributed by atoms with Gasteiger partial charge in [-0.2, -0.15) is 5.10 Å². The van der Waals surface area contributed by atoms with E-state index in [1.54, 1.807) is 35.9 Å². The van der Waals surface area contributed by atoms with E-state index in [0.717, 1.165) is 0 Å². The van der Waals surface area contributed by atoms with Crippen molar-refractivity contribution in [3.8, 4) is 5.69 Å². The van der Waals surface area contributed by atoms with Gasteiger partial charge in [0, 0.05) is 18.7 Å². The summed E-state index contributed by atoms with van der Waals surface area (Å²) in [5.41, 5.74) is 0.0761. The minimum absolute atomic E-state index is 0.0573. The molecule has 1 amide bonds. The number of carbonyl (C=O) groups is 2. The van der Waals surface area contributed by atoms with Gasteiger partial charge in [-0.25, -0.2) is 9.48 Å². The summed E-state index contributed by atoms with van der Waals surface area (Å²) in [6, 6.07) is 8.72. The third-order valence-electron chi connectivity index (χ3n) is 3.98. The SMILES string of the molecule is Cc1cc(C(=O)NC2(C(=O)O)CCOC2)nn1-c1ccccc1Cl. The van der Waals surface area contributed by atoms with Crippen molar-refractivity contribution in [1.82, 2.24) is 15.1 Å². The number of hydrogen-bond donors (Lipinski definition) is 2. The van der Waals surface area contributed by atoms with Gasteiger partial charge in [0.25, 0.3) is 5.91 Å². The van der Waals surface area contributed by atoms with E-state index < -0.39 is 17.4 Å². The lowest BCUT2D eigenvalue weighted by molar-refractivity contribution is -0.144. The third kappa shape index (κ3) is 2.88. The van der Waals surface area contributed by atoms with Crippen LogP contribution in [0, 0.1) is 6.92 Å². The molecular weight excluding hydrogens is 334 g/mol. The van der Waals surface area contributed by atoms with Crippen LogP contribution in [0.15, 0.2) is 30.3 Å². The summed E-state index contributed by atoms with van der Waals surface area (Å²) in [6.45, 7) is 2.02. The number of ether oxygens (including phenoxy) is 1. The summed E-state index contributed by atoms with van der Waals surface area (Å²) in [7, 11) is 0. The minimum Gasteiger partial charge on any atom is -0.479 e. The molecule has 0 spiro atoms. The summed E-state index contributed by atoms with van der Waals surface area (Å²) < 4.78 is 6.69. The molecular formula is C16H16ClN3O4. The van der Waals surface area contributed by atoms with Crippen molar-refractivity contribution < 1.29 is 19.4 Å². The van der Waals surface area contributed by atoms with Gasteiger partial charge in [0.05, 0.1) is 17.3 Å². The monoisotopic (exact) mass is 349 g/mol. The Morgan fingerprint density at radius 3 is 2.79 bits per heavy atom. The molecule has 1 fully saturated rings. The zero-order valence-electron chi connectivity index (χ0n) is 13.0. The van der Waals surface area contributed by atoms with E-state index >= 15 is 0 Å². The zero-order valence-corrected chi connectivity index (χ0v) is 13.7. The van der Waals surface area contributed by atoms with Gasteiger partial charge in [-0.1, -0.05) is 23.7 Å². The molecule has 0 saturated carbocycles. The number of aryl methyl sites for hydroxylation is 1. The molecule has 8 heteroatoms. The molecule has 1 aliphatic rings. The number of amides is 1. The molecule has 1 aliphatic heterocycles. The van der Waals surface area contributed by atoms with Crippen LogP contribution >= 0.6 is 11.6 Å². The summed E-state index contributed by atoms with van der Waals surface area (Å²) in [5, 5.41) is 16.7. The van der Waals surface area contributed by atoms with Crippen LogP contribution in [0.3, 0.4) is 0 Å². The lowest BCUT2D eigenvalue weighted by Crippen LogP contribution is -2.55. The van der Waals surface area contributed by atoms with Crippen LogP contribution in [0.5, 0.6) is 0 Å². The first-order chi connectivity index (χ1) is 11.4. The first kappa shape index (κ1) is 16.5. The average Bonchev–Trinajstić information content (AvgIpc) is 3.16. The molecule has 1 atom stereocenters. The molecule has 3 rings (SSSR count). The molecule has 126 valence electrons. The van der Waals surface area contributed by atoms with Gasteiger partial charge in [0.1, 0.15) is 0 Å². The molecule has 0 radical (unpaired) electrons. The summed E-state index contributed by atoms with van der Waals surface area (Å²) in [5.74, 6) is -1.67. The van der Waals surface area contributed by atoms with Gasteiger partial charge in [0.15, 0.2) is 11.2 Å². The molecule has 2 aromatic rings. The topological polar surface area (TPSA) is 93.5 Å². The Morgan fingerprint density at radius 1 is 1.42 bits per heavy atom. The highest BCUT2D eigenvalue weighted by Gasteiger charge is 2.44. The highest BCUT2D eigenvalue weighted by molar-refractivity contribution is 6.32. The fourth-order valence-electron chi connectivity index (χ4n) is 2.62. The molecule has 1 aromatic carbocycles. The number of aromatic nitrogens is 2. The first-order valence-electron chi connectivity index (χ1n) is 7.38. The van der Waals surface area contributed by atoms with E-state index in [-0.39, 0.29) is 18.7 Å². The second-order valence-electron chi connectivity index (χ2n) is 5.68. The molecule has 0 bridgehead atoms. The molecule has 2 N–H and O–H groups in total. The Labute approximate surface area is 143 Å². The summed E-state index contributed by atoms with van der Waals surface area (Å²) >= 11 is 6.17. The summed E-state index contributed by atoms with van der Waals surface area (Å²) in [6.07, 6.45) is 0.221. The molecule has 1 unspecified atom stereocenters. The van der Waals surface area contributed by atoms with Gasteiger partial charge in [-0.05, 0) is 25.1 Å². The standard InChI is InChI=1S/C16H16ClN3O4/c1-10-8-12(19-20(10)13-5-3-2-4-11(13)17)14(21)18-16(15(22)23)6-7-24-9-16/h2-5,8H,6-7,9H2,1H3,(H,18,21)(H,22,23). The number of benzene rings is 1. The van der Waals surface area contributed by atoms with Gasteiger partial charge < -0.3 is 15.2 Å². The van der Waals surface area contributed by atoms with Crippen molar-refractivity contribution in [2.45, 2.75) is 18.9 Å². The smallest absolute Gasteiger partial charge is 0.331 e. The van der Waals surface area contributed by atoms with Crippen molar-refractivity contribution in [1.29, 1.82) is 0 Å². The average molecular weight is 350 g/mol. The number of rotatable bonds is 4. The lowest BCUT2D eigenvalue weighted by atomic mass is 9.99. The van der Waals surface area contributed by atoms with Crippen LogP contribution in [0.25, 0.3) is 5.69 Å². The van der Waals surface area contributed by atoms with E-state index in [1.807, 2.05) is 6.07 Å². The van der Waals surface area contributed by atoms with Crippen LogP contribution in [-0.2, 0) is 9.53 Å². The van der Waals surface area contributed by atoms with Crippen molar-refractivity contribution in [3.05, 3.63) is 46.7 Å². The van der Waals surface area contributed by atoms with Crippen molar-refractivity contribution in [2.24, 2.45) is 0 Å². The number of carboxylic acids is 1. The number of aliphatic carboxylic acids is 1. The van der Waals surface area contributed by atoms with Crippen LogP contribution in [0.2, 0.25) is 5.02 Å². The van der Waals surface area contributed by atoms with E-state index in [1.165, 1.54) is 0 Å². The van der Waals surface area contributed by atoms with E-state index in [2.05, 4.69) is 10.4 Å². The predicted octanol–water partition coefficient (Wildman–Crippen LogP) is 1.81. The van der Waals surface area contributed by atoms with Gasteiger partial charge in [-0.3, -0.25) is 4.79 Å². The Morgan fingerprint density at radius 2 is 2.17 bits per heavy atom. The largest absolute Gasteiger partial charge is 0.479 e. The fourth-order valence-corrected chi connectivity index (χ4v) is 2.84. The predicted molar refractivity (Wildman–Crippen MR) is 86.6 cm³/mol. The molecule has 24 heavy (non-hydrogen) atoms. The lowest BCUT2D eigenvalue weighted by Gasteiger charge is -2.22. The van der Waals surface area contributed by atoms with Crippen molar-refractivity contribution in [3.63, 3.8) is 0 Å². The molecule has 1 saturated heterocycles.